The zero-order valence-corrected chi connectivity index (χ0v) is 10.5. The van der Waals surface area contributed by atoms with Crippen molar-refractivity contribution in [2.75, 3.05) is 13.1 Å². The van der Waals surface area contributed by atoms with E-state index in [0.29, 0.717) is 13.1 Å². The molecule has 0 fully saturated rings. The molecule has 0 saturated heterocycles. The maximum absolute atomic E-state index is 13.7. The Bertz CT molecular complexity index is 419. The highest BCUT2D eigenvalue weighted by Gasteiger charge is 2.25. The third kappa shape index (κ3) is 3.26. The summed E-state index contributed by atoms with van der Waals surface area (Å²) in [4.78, 5) is 12.7. The lowest BCUT2D eigenvalue weighted by molar-refractivity contribution is -0.138. The van der Waals surface area contributed by atoms with Gasteiger partial charge in [-0.1, -0.05) is 26.0 Å². The van der Waals surface area contributed by atoms with Gasteiger partial charge in [-0.3, -0.25) is 9.69 Å². The molecule has 0 spiro atoms. The third-order valence-electron chi connectivity index (χ3n) is 2.96. The van der Waals surface area contributed by atoms with E-state index < -0.39 is 23.6 Å². The van der Waals surface area contributed by atoms with Gasteiger partial charge in [-0.15, -0.1) is 0 Å². The average molecular weight is 257 g/mol. The first-order chi connectivity index (χ1) is 8.51. The standard InChI is InChI=1S/C13H17F2NO2/c1-3-16(4-2)11(8-12(17)18)9-6-5-7-10(14)13(9)15/h5-7,11H,3-4,8H2,1-2H3,(H,17,18). The molecule has 0 amide bonds. The van der Waals surface area contributed by atoms with Crippen molar-refractivity contribution in [2.24, 2.45) is 0 Å². The zero-order valence-electron chi connectivity index (χ0n) is 10.5. The molecule has 100 valence electrons. The first kappa shape index (κ1) is 14.6. The van der Waals surface area contributed by atoms with Crippen LogP contribution in [0.3, 0.4) is 0 Å². The number of nitrogens with zero attached hydrogens (tertiary/aromatic N) is 1. The van der Waals surface area contributed by atoms with Crippen LogP contribution >= 0.6 is 0 Å². The Kier molecular flexibility index (Phi) is 5.22. The van der Waals surface area contributed by atoms with Crippen LogP contribution in [0.15, 0.2) is 18.2 Å². The minimum atomic E-state index is -1.03. The Balaban J connectivity index is 3.16. The lowest BCUT2D eigenvalue weighted by atomic mass is 10.0. The predicted octanol–water partition coefficient (Wildman–Crippen LogP) is 2.82. The van der Waals surface area contributed by atoms with Crippen molar-refractivity contribution in [2.45, 2.75) is 26.3 Å². The van der Waals surface area contributed by atoms with Gasteiger partial charge in [0.15, 0.2) is 11.6 Å². The summed E-state index contributed by atoms with van der Waals surface area (Å²) in [5.41, 5.74) is 0.0982. The molecular formula is C13H17F2NO2. The lowest BCUT2D eigenvalue weighted by Gasteiger charge is -2.29. The molecule has 3 nitrogen and oxygen atoms in total. The summed E-state index contributed by atoms with van der Waals surface area (Å²) in [7, 11) is 0. The summed E-state index contributed by atoms with van der Waals surface area (Å²) >= 11 is 0. The van der Waals surface area contributed by atoms with Crippen LogP contribution in [0.25, 0.3) is 0 Å². The Morgan fingerprint density at radius 3 is 2.44 bits per heavy atom. The first-order valence-electron chi connectivity index (χ1n) is 5.91. The largest absolute Gasteiger partial charge is 0.481 e. The molecule has 0 aromatic heterocycles. The Labute approximate surface area is 105 Å². The van der Waals surface area contributed by atoms with Crippen molar-refractivity contribution in [3.05, 3.63) is 35.4 Å². The Hall–Kier alpha value is -1.49. The van der Waals surface area contributed by atoms with Gasteiger partial charge in [0.2, 0.25) is 0 Å². The number of halogens is 2. The summed E-state index contributed by atoms with van der Waals surface area (Å²) in [6.07, 6.45) is -0.248. The third-order valence-corrected chi connectivity index (χ3v) is 2.96. The van der Waals surface area contributed by atoms with E-state index in [1.54, 1.807) is 4.90 Å². The summed E-state index contributed by atoms with van der Waals surface area (Å²) in [6.45, 7) is 4.86. The Morgan fingerprint density at radius 1 is 1.33 bits per heavy atom. The van der Waals surface area contributed by atoms with Gasteiger partial charge < -0.3 is 5.11 Å². The number of carboxylic acids is 1. The predicted molar refractivity (Wildman–Crippen MR) is 64.3 cm³/mol. The molecule has 1 unspecified atom stereocenters. The maximum atomic E-state index is 13.7. The fourth-order valence-electron chi connectivity index (χ4n) is 2.04. The quantitative estimate of drug-likeness (QED) is 0.852. The van der Waals surface area contributed by atoms with Gasteiger partial charge in [-0.2, -0.15) is 0 Å². The van der Waals surface area contributed by atoms with Gasteiger partial charge in [0.05, 0.1) is 6.42 Å². The highest BCUT2D eigenvalue weighted by molar-refractivity contribution is 5.68. The number of carboxylic acid groups (broad SMARTS) is 1. The van der Waals surface area contributed by atoms with Gasteiger partial charge in [0.25, 0.3) is 0 Å². The molecule has 0 heterocycles. The second-order valence-electron chi connectivity index (χ2n) is 3.98. The minimum absolute atomic E-state index is 0.0982. The maximum Gasteiger partial charge on any atom is 0.305 e. The molecule has 5 heteroatoms. The molecule has 0 saturated carbocycles. The van der Waals surface area contributed by atoms with Crippen molar-refractivity contribution >= 4 is 5.97 Å². The van der Waals surface area contributed by atoms with E-state index >= 15 is 0 Å². The van der Waals surface area contributed by atoms with Crippen LogP contribution in [0, 0.1) is 11.6 Å². The number of hydrogen-bond acceptors (Lipinski definition) is 2. The van der Waals surface area contributed by atoms with Crippen LogP contribution < -0.4 is 0 Å². The second-order valence-corrected chi connectivity index (χ2v) is 3.98. The van der Waals surface area contributed by atoms with Crippen LogP contribution in [0.2, 0.25) is 0 Å². The molecule has 0 aliphatic carbocycles. The minimum Gasteiger partial charge on any atom is -0.481 e. The van der Waals surface area contributed by atoms with Crippen molar-refractivity contribution in [3.8, 4) is 0 Å². The van der Waals surface area contributed by atoms with Crippen LogP contribution in [-0.4, -0.2) is 29.1 Å². The molecule has 0 aliphatic heterocycles. The van der Waals surface area contributed by atoms with E-state index in [1.807, 2.05) is 13.8 Å². The van der Waals surface area contributed by atoms with Gasteiger partial charge in [-0.25, -0.2) is 8.78 Å². The molecule has 1 aromatic carbocycles. The molecule has 0 bridgehead atoms. The van der Waals surface area contributed by atoms with Crippen molar-refractivity contribution in [3.63, 3.8) is 0 Å². The molecule has 0 radical (unpaired) electrons. The summed E-state index contributed by atoms with van der Waals surface area (Å²) < 4.78 is 26.9. The lowest BCUT2D eigenvalue weighted by Crippen LogP contribution is -2.31. The fraction of sp³-hybridized carbons (Fsp3) is 0.462. The summed E-state index contributed by atoms with van der Waals surface area (Å²) in [5.74, 6) is -2.94. The van der Waals surface area contributed by atoms with Crippen LogP contribution in [0.4, 0.5) is 8.78 Å². The molecule has 18 heavy (non-hydrogen) atoms. The molecule has 1 atom stereocenters. The smallest absolute Gasteiger partial charge is 0.305 e. The van der Waals surface area contributed by atoms with Gasteiger partial charge in [0, 0.05) is 11.6 Å². The zero-order chi connectivity index (χ0) is 13.7. The van der Waals surface area contributed by atoms with E-state index in [0.717, 1.165) is 6.07 Å². The summed E-state index contributed by atoms with van der Waals surface area (Å²) in [5, 5.41) is 8.90. The topological polar surface area (TPSA) is 40.5 Å². The molecular weight excluding hydrogens is 240 g/mol. The number of carbonyl (C=O) groups is 1. The highest BCUT2D eigenvalue weighted by Crippen LogP contribution is 2.27. The number of aliphatic carboxylic acids is 1. The van der Waals surface area contributed by atoms with Crippen LogP contribution in [0.1, 0.15) is 31.9 Å². The number of hydrogen-bond donors (Lipinski definition) is 1. The van der Waals surface area contributed by atoms with Crippen LogP contribution in [0.5, 0.6) is 0 Å². The van der Waals surface area contributed by atoms with E-state index in [4.69, 9.17) is 5.11 Å². The van der Waals surface area contributed by atoms with Crippen molar-refractivity contribution < 1.29 is 18.7 Å². The van der Waals surface area contributed by atoms with Crippen LogP contribution in [-0.2, 0) is 4.79 Å². The normalized spacial score (nSPS) is 12.7. The summed E-state index contributed by atoms with van der Waals surface area (Å²) in [6, 6.07) is 3.21. The van der Waals surface area contributed by atoms with E-state index in [-0.39, 0.29) is 12.0 Å². The first-order valence-corrected chi connectivity index (χ1v) is 5.91. The second kappa shape index (κ2) is 6.44. The van der Waals surface area contributed by atoms with Crippen molar-refractivity contribution in [1.82, 2.24) is 4.90 Å². The molecule has 0 aliphatic rings. The number of rotatable bonds is 6. The van der Waals surface area contributed by atoms with E-state index in [2.05, 4.69) is 0 Å². The molecule has 1 rings (SSSR count). The van der Waals surface area contributed by atoms with Crippen molar-refractivity contribution in [1.29, 1.82) is 0 Å². The van der Waals surface area contributed by atoms with Gasteiger partial charge in [-0.05, 0) is 19.2 Å². The van der Waals surface area contributed by atoms with Gasteiger partial charge >= 0.3 is 5.97 Å². The SMILES string of the molecule is CCN(CC)C(CC(=O)O)c1cccc(F)c1F. The fourth-order valence-corrected chi connectivity index (χ4v) is 2.04. The van der Waals surface area contributed by atoms with Gasteiger partial charge in [0.1, 0.15) is 0 Å². The average Bonchev–Trinajstić information content (AvgIpc) is 2.32. The van der Waals surface area contributed by atoms with E-state index in [9.17, 15) is 13.6 Å². The monoisotopic (exact) mass is 257 g/mol. The molecule has 1 aromatic rings. The highest BCUT2D eigenvalue weighted by atomic mass is 19.2. The van der Waals surface area contributed by atoms with E-state index in [1.165, 1.54) is 12.1 Å². The molecule has 1 N–H and O–H groups in total. The number of benzene rings is 1. The Morgan fingerprint density at radius 2 is 1.94 bits per heavy atom.